The molecule has 1 fully saturated rings. The topological polar surface area (TPSA) is 29.5 Å². The van der Waals surface area contributed by atoms with Crippen LogP contribution in [0, 0.1) is 11.6 Å². The van der Waals surface area contributed by atoms with Crippen LogP contribution in [0.4, 0.5) is 8.78 Å². The smallest absolute Gasteiger partial charge is 0.129 e. The fourth-order valence-corrected chi connectivity index (χ4v) is 2.17. The molecule has 0 saturated carbocycles. The minimum absolute atomic E-state index is 0.141. The Morgan fingerprint density at radius 1 is 1.47 bits per heavy atom. The van der Waals surface area contributed by atoms with Crippen LogP contribution < -0.4 is 0 Å². The third-order valence-electron chi connectivity index (χ3n) is 3.38. The molecule has 1 N–H and O–H groups in total. The monoisotopic (exact) mass is 242 g/mol. The largest absolute Gasteiger partial charge is 0.390 e. The highest BCUT2D eigenvalue weighted by atomic mass is 19.1. The zero-order chi connectivity index (χ0) is 12.5. The summed E-state index contributed by atoms with van der Waals surface area (Å²) >= 11 is 0. The molecule has 2 nitrogen and oxygen atoms in total. The normalized spacial score (nSPS) is 26.1. The fraction of sp³-hybridized carbons (Fsp3) is 0.538. The van der Waals surface area contributed by atoms with E-state index in [2.05, 4.69) is 0 Å². The molecule has 2 rings (SSSR count). The minimum atomic E-state index is -0.773. The summed E-state index contributed by atoms with van der Waals surface area (Å²) in [4.78, 5) is 0. The molecule has 2 unspecified atom stereocenters. The van der Waals surface area contributed by atoms with Crippen molar-refractivity contribution in [3.05, 3.63) is 35.4 Å². The number of benzene rings is 1. The van der Waals surface area contributed by atoms with Gasteiger partial charge in [-0.25, -0.2) is 8.78 Å². The van der Waals surface area contributed by atoms with Gasteiger partial charge in [-0.1, -0.05) is 6.07 Å². The van der Waals surface area contributed by atoms with E-state index in [0.717, 1.165) is 18.9 Å². The summed E-state index contributed by atoms with van der Waals surface area (Å²) in [6.07, 6.45) is 1.03. The van der Waals surface area contributed by atoms with Crippen LogP contribution in [0.3, 0.4) is 0 Å². The number of ether oxygens (including phenoxy) is 1. The first-order valence-corrected chi connectivity index (χ1v) is 5.77. The maximum absolute atomic E-state index is 13.4. The van der Waals surface area contributed by atoms with Crippen LogP contribution in [0.25, 0.3) is 0 Å². The Labute approximate surface area is 99.2 Å². The van der Waals surface area contributed by atoms with Crippen molar-refractivity contribution in [3.8, 4) is 0 Å². The molecule has 1 aliphatic rings. The van der Waals surface area contributed by atoms with Crippen LogP contribution in [0.15, 0.2) is 18.2 Å². The lowest BCUT2D eigenvalue weighted by Gasteiger charge is -2.29. The Bertz CT molecular complexity index is 400. The Balaban J connectivity index is 2.10. The van der Waals surface area contributed by atoms with Gasteiger partial charge < -0.3 is 9.84 Å². The van der Waals surface area contributed by atoms with E-state index in [1.54, 1.807) is 0 Å². The van der Waals surface area contributed by atoms with Crippen LogP contribution in [0.2, 0.25) is 0 Å². The van der Waals surface area contributed by atoms with Gasteiger partial charge in [0.15, 0.2) is 0 Å². The molecule has 17 heavy (non-hydrogen) atoms. The average molecular weight is 242 g/mol. The summed E-state index contributed by atoms with van der Waals surface area (Å²) < 4.78 is 31.7. The highest BCUT2D eigenvalue weighted by Gasteiger charge is 2.37. The number of rotatable bonds is 3. The molecule has 0 bridgehead atoms. The van der Waals surface area contributed by atoms with Crippen molar-refractivity contribution < 1.29 is 18.6 Å². The van der Waals surface area contributed by atoms with Crippen molar-refractivity contribution in [1.82, 2.24) is 0 Å². The first kappa shape index (κ1) is 12.5. The maximum Gasteiger partial charge on any atom is 0.129 e. The predicted octanol–water partition coefficient (Wildman–Crippen LogP) is 2.44. The number of halogens is 2. The molecule has 0 aliphatic carbocycles. The zero-order valence-corrected chi connectivity index (χ0v) is 9.75. The predicted molar refractivity (Wildman–Crippen MR) is 59.7 cm³/mol. The lowest BCUT2D eigenvalue weighted by atomic mass is 9.90. The molecule has 0 radical (unpaired) electrons. The highest BCUT2D eigenvalue weighted by Crippen LogP contribution is 2.30. The number of aliphatic hydroxyl groups excluding tert-OH is 1. The first-order valence-electron chi connectivity index (χ1n) is 5.77. The van der Waals surface area contributed by atoms with Gasteiger partial charge in [-0.05, 0) is 31.4 Å². The van der Waals surface area contributed by atoms with Crippen molar-refractivity contribution >= 4 is 0 Å². The van der Waals surface area contributed by atoms with Crippen molar-refractivity contribution in [2.75, 3.05) is 6.61 Å². The Morgan fingerprint density at radius 2 is 2.24 bits per heavy atom. The van der Waals surface area contributed by atoms with Crippen molar-refractivity contribution in [3.63, 3.8) is 0 Å². The van der Waals surface area contributed by atoms with Crippen molar-refractivity contribution in [2.45, 2.75) is 37.9 Å². The molecule has 4 heteroatoms. The minimum Gasteiger partial charge on any atom is -0.390 e. The van der Waals surface area contributed by atoms with E-state index in [1.807, 2.05) is 6.92 Å². The average Bonchev–Trinajstić information content (AvgIpc) is 2.71. The summed E-state index contributed by atoms with van der Waals surface area (Å²) in [5, 5.41) is 10.1. The van der Waals surface area contributed by atoms with Gasteiger partial charge in [0.05, 0.1) is 11.7 Å². The van der Waals surface area contributed by atoms with Gasteiger partial charge in [0.25, 0.3) is 0 Å². The van der Waals surface area contributed by atoms with Gasteiger partial charge in [0.1, 0.15) is 11.6 Å². The van der Waals surface area contributed by atoms with Gasteiger partial charge in [-0.2, -0.15) is 0 Å². The Morgan fingerprint density at radius 3 is 2.82 bits per heavy atom. The summed E-state index contributed by atoms with van der Waals surface area (Å²) in [5.74, 6) is -1.23. The third kappa shape index (κ3) is 2.64. The second-order valence-corrected chi connectivity index (χ2v) is 4.72. The molecule has 1 aromatic rings. The molecular formula is C13H16F2O2. The van der Waals surface area contributed by atoms with E-state index in [1.165, 1.54) is 12.1 Å². The molecule has 1 saturated heterocycles. The highest BCUT2D eigenvalue weighted by molar-refractivity contribution is 5.20. The van der Waals surface area contributed by atoms with Gasteiger partial charge in [-0.15, -0.1) is 0 Å². The van der Waals surface area contributed by atoms with E-state index in [-0.39, 0.29) is 6.42 Å². The molecule has 2 atom stereocenters. The Hall–Kier alpha value is -1.00. The van der Waals surface area contributed by atoms with Gasteiger partial charge >= 0.3 is 0 Å². The Kier molecular flexibility index (Phi) is 3.45. The van der Waals surface area contributed by atoms with E-state index in [4.69, 9.17) is 4.74 Å². The van der Waals surface area contributed by atoms with E-state index in [9.17, 15) is 13.9 Å². The van der Waals surface area contributed by atoms with Crippen LogP contribution in [-0.4, -0.2) is 23.4 Å². The maximum atomic E-state index is 13.4. The van der Waals surface area contributed by atoms with E-state index in [0.29, 0.717) is 12.2 Å². The van der Waals surface area contributed by atoms with E-state index < -0.39 is 23.3 Å². The SMILES string of the molecule is CC1(C(O)Cc2ccc(F)cc2F)CCCO1. The van der Waals surface area contributed by atoms with Gasteiger partial charge in [-0.3, -0.25) is 0 Å². The molecular weight excluding hydrogens is 226 g/mol. The van der Waals surface area contributed by atoms with Crippen LogP contribution in [0.1, 0.15) is 25.3 Å². The lowest BCUT2D eigenvalue weighted by molar-refractivity contribution is -0.0770. The second-order valence-electron chi connectivity index (χ2n) is 4.72. The lowest BCUT2D eigenvalue weighted by Crippen LogP contribution is -2.40. The van der Waals surface area contributed by atoms with Crippen LogP contribution in [0.5, 0.6) is 0 Å². The van der Waals surface area contributed by atoms with E-state index >= 15 is 0 Å². The number of aliphatic hydroxyl groups is 1. The molecule has 0 aromatic heterocycles. The second kappa shape index (κ2) is 4.70. The number of hydrogen-bond donors (Lipinski definition) is 1. The summed E-state index contributed by atoms with van der Waals surface area (Å²) in [5.41, 5.74) is -0.295. The van der Waals surface area contributed by atoms with Crippen LogP contribution in [-0.2, 0) is 11.2 Å². The summed E-state index contributed by atoms with van der Waals surface area (Å²) in [6.45, 7) is 2.45. The van der Waals surface area contributed by atoms with Crippen LogP contribution >= 0.6 is 0 Å². The quantitative estimate of drug-likeness (QED) is 0.882. The standard InChI is InChI=1S/C13H16F2O2/c1-13(5-2-6-17-13)12(16)7-9-3-4-10(14)8-11(9)15/h3-4,8,12,16H,2,5-7H2,1H3. The molecule has 0 spiro atoms. The van der Waals surface area contributed by atoms with Crippen molar-refractivity contribution in [2.24, 2.45) is 0 Å². The summed E-state index contributed by atoms with van der Waals surface area (Å²) in [7, 11) is 0. The first-order chi connectivity index (χ1) is 8.01. The molecule has 94 valence electrons. The summed E-state index contributed by atoms with van der Waals surface area (Å²) in [6, 6.07) is 3.40. The number of hydrogen-bond acceptors (Lipinski definition) is 2. The molecule has 1 aromatic carbocycles. The zero-order valence-electron chi connectivity index (χ0n) is 9.75. The van der Waals surface area contributed by atoms with Gasteiger partial charge in [0, 0.05) is 19.1 Å². The van der Waals surface area contributed by atoms with Gasteiger partial charge in [0.2, 0.25) is 0 Å². The third-order valence-corrected chi connectivity index (χ3v) is 3.38. The molecule has 0 amide bonds. The fourth-order valence-electron chi connectivity index (χ4n) is 2.17. The molecule has 1 heterocycles. The molecule has 1 aliphatic heterocycles. The van der Waals surface area contributed by atoms with Crippen molar-refractivity contribution in [1.29, 1.82) is 0 Å².